The van der Waals surface area contributed by atoms with Gasteiger partial charge in [0, 0.05) is 58.1 Å². The third-order valence-electron chi connectivity index (χ3n) is 5.31. The van der Waals surface area contributed by atoms with Crippen molar-refractivity contribution in [1.29, 1.82) is 0 Å². The van der Waals surface area contributed by atoms with Gasteiger partial charge in [-0.25, -0.2) is 0 Å². The molecular formula is C18H29N5O2. The lowest BCUT2D eigenvalue weighted by Gasteiger charge is -2.33. The van der Waals surface area contributed by atoms with Crippen LogP contribution >= 0.6 is 0 Å². The van der Waals surface area contributed by atoms with Crippen LogP contribution in [0.15, 0.2) is 18.5 Å². The van der Waals surface area contributed by atoms with Crippen molar-refractivity contribution in [2.45, 2.75) is 25.8 Å². The predicted octanol–water partition coefficient (Wildman–Crippen LogP) is 0.532. The van der Waals surface area contributed by atoms with Gasteiger partial charge in [0.1, 0.15) is 0 Å². The molecule has 3 rings (SSSR count). The van der Waals surface area contributed by atoms with E-state index in [4.69, 9.17) is 0 Å². The number of hydrogen-bond acceptors (Lipinski definition) is 4. The molecule has 25 heavy (non-hydrogen) atoms. The van der Waals surface area contributed by atoms with Crippen molar-refractivity contribution >= 4 is 11.8 Å². The highest BCUT2D eigenvalue weighted by atomic mass is 16.2. The molecular weight excluding hydrogens is 318 g/mol. The Balaban J connectivity index is 1.45. The van der Waals surface area contributed by atoms with E-state index in [0.29, 0.717) is 25.4 Å². The standard InChI is InChI=1S/C18H29N5O2/c1-20(2)10-11-22-14-16(12-17(22)24)18(25)21-8-4-15(5-9-21)13-23-7-3-6-19-23/h3,6-7,15-16H,4-5,8-14H2,1-2H3. The maximum Gasteiger partial charge on any atom is 0.227 e. The van der Waals surface area contributed by atoms with Gasteiger partial charge < -0.3 is 14.7 Å². The largest absolute Gasteiger partial charge is 0.342 e. The summed E-state index contributed by atoms with van der Waals surface area (Å²) >= 11 is 0. The lowest BCUT2D eigenvalue weighted by Crippen LogP contribution is -2.43. The zero-order chi connectivity index (χ0) is 17.8. The van der Waals surface area contributed by atoms with Gasteiger partial charge in [-0.1, -0.05) is 0 Å². The summed E-state index contributed by atoms with van der Waals surface area (Å²) in [4.78, 5) is 30.8. The van der Waals surface area contributed by atoms with Gasteiger partial charge in [-0.3, -0.25) is 14.3 Å². The van der Waals surface area contributed by atoms with Crippen molar-refractivity contribution < 1.29 is 9.59 Å². The fourth-order valence-electron chi connectivity index (χ4n) is 3.74. The second kappa shape index (κ2) is 7.99. The van der Waals surface area contributed by atoms with Gasteiger partial charge in [0.05, 0.1) is 5.92 Å². The SMILES string of the molecule is CN(C)CCN1CC(C(=O)N2CCC(Cn3cccn3)CC2)CC1=O. The summed E-state index contributed by atoms with van der Waals surface area (Å²) in [5, 5.41) is 4.26. The van der Waals surface area contributed by atoms with E-state index in [1.807, 2.05) is 40.8 Å². The first-order valence-corrected chi connectivity index (χ1v) is 9.21. The highest BCUT2D eigenvalue weighted by Gasteiger charge is 2.37. The quantitative estimate of drug-likeness (QED) is 0.753. The molecule has 2 aliphatic heterocycles. The monoisotopic (exact) mass is 347 g/mol. The van der Waals surface area contributed by atoms with Crippen LogP contribution in [0.1, 0.15) is 19.3 Å². The zero-order valence-corrected chi connectivity index (χ0v) is 15.3. The number of aromatic nitrogens is 2. The Kier molecular flexibility index (Phi) is 5.73. The minimum absolute atomic E-state index is 0.119. The van der Waals surface area contributed by atoms with E-state index in [0.717, 1.165) is 39.0 Å². The maximum absolute atomic E-state index is 12.8. The second-order valence-corrected chi connectivity index (χ2v) is 7.54. The molecule has 7 nitrogen and oxygen atoms in total. The van der Waals surface area contributed by atoms with Gasteiger partial charge in [0.2, 0.25) is 11.8 Å². The first kappa shape index (κ1) is 17.9. The number of carbonyl (C=O) groups excluding carboxylic acids is 2. The second-order valence-electron chi connectivity index (χ2n) is 7.54. The van der Waals surface area contributed by atoms with Crippen molar-refractivity contribution in [3.63, 3.8) is 0 Å². The Morgan fingerprint density at radius 1 is 1.32 bits per heavy atom. The van der Waals surface area contributed by atoms with Gasteiger partial charge in [-0.15, -0.1) is 0 Å². The minimum atomic E-state index is -0.155. The third kappa shape index (κ3) is 4.60. The molecule has 1 atom stereocenters. The first-order chi connectivity index (χ1) is 12.0. The Labute approximate surface area is 149 Å². The molecule has 7 heteroatoms. The summed E-state index contributed by atoms with van der Waals surface area (Å²) in [5.41, 5.74) is 0. The summed E-state index contributed by atoms with van der Waals surface area (Å²) in [6.45, 7) is 4.65. The Morgan fingerprint density at radius 3 is 2.72 bits per heavy atom. The number of hydrogen-bond donors (Lipinski definition) is 0. The average molecular weight is 347 g/mol. The van der Waals surface area contributed by atoms with Crippen LogP contribution < -0.4 is 0 Å². The van der Waals surface area contributed by atoms with E-state index in [-0.39, 0.29) is 17.7 Å². The Bertz CT molecular complexity index is 578. The summed E-state index contributed by atoms with van der Waals surface area (Å²) in [5.74, 6) is 0.704. The van der Waals surface area contributed by atoms with Crippen LogP contribution in [0, 0.1) is 11.8 Å². The van der Waals surface area contributed by atoms with Crippen LogP contribution in [0.4, 0.5) is 0 Å². The molecule has 0 bridgehead atoms. The average Bonchev–Trinajstić information content (AvgIpc) is 3.23. The predicted molar refractivity (Wildman–Crippen MR) is 94.8 cm³/mol. The Hall–Kier alpha value is -1.89. The molecule has 0 N–H and O–H groups in total. The highest BCUT2D eigenvalue weighted by molar-refractivity contribution is 5.89. The number of carbonyl (C=O) groups is 2. The van der Waals surface area contributed by atoms with Crippen LogP contribution in [-0.2, 0) is 16.1 Å². The molecule has 2 amide bonds. The fraction of sp³-hybridized carbons (Fsp3) is 0.722. The molecule has 2 fully saturated rings. The summed E-state index contributed by atoms with van der Waals surface area (Å²) in [7, 11) is 3.99. The van der Waals surface area contributed by atoms with Crippen LogP contribution in [0.5, 0.6) is 0 Å². The van der Waals surface area contributed by atoms with E-state index >= 15 is 0 Å². The third-order valence-corrected chi connectivity index (χ3v) is 5.31. The molecule has 1 aromatic heterocycles. The molecule has 138 valence electrons. The molecule has 0 aliphatic carbocycles. The zero-order valence-electron chi connectivity index (χ0n) is 15.3. The number of likely N-dealkylation sites (N-methyl/N-ethyl adjacent to an activating group) is 1. The topological polar surface area (TPSA) is 61.7 Å². The van der Waals surface area contributed by atoms with Crippen molar-refractivity contribution in [3.8, 4) is 0 Å². The molecule has 2 saturated heterocycles. The van der Waals surface area contributed by atoms with Gasteiger partial charge >= 0.3 is 0 Å². The summed E-state index contributed by atoms with van der Waals surface area (Å²) in [6.07, 6.45) is 6.19. The minimum Gasteiger partial charge on any atom is -0.342 e. The molecule has 1 aromatic rings. The molecule has 1 unspecified atom stereocenters. The Morgan fingerprint density at radius 2 is 2.08 bits per heavy atom. The van der Waals surface area contributed by atoms with E-state index in [1.54, 1.807) is 6.20 Å². The highest BCUT2D eigenvalue weighted by Crippen LogP contribution is 2.24. The molecule has 0 radical (unpaired) electrons. The normalized spacial score (nSPS) is 22.2. The van der Waals surface area contributed by atoms with Gasteiger partial charge in [-0.05, 0) is 38.9 Å². The molecule has 2 aliphatic rings. The fourth-order valence-corrected chi connectivity index (χ4v) is 3.74. The molecule has 0 saturated carbocycles. The van der Waals surface area contributed by atoms with Crippen LogP contribution in [0.25, 0.3) is 0 Å². The number of nitrogens with zero attached hydrogens (tertiary/aromatic N) is 5. The van der Waals surface area contributed by atoms with Crippen LogP contribution in [-0.4, -0.2) is 83.1 Å². The molecule has 0 aromatic carbocycles. The number of piperidine rings is 1. The summed E-state index contributed by atoms with van der Waals surface area (Å²) < 4.78 is 1.97. The van der Waals surface area contributed by atoms with Crippen molar-refractivity contribution in [1.82, 2.24) is 24.5 Å². The van der Waals surface area contributed by atoms with E-state index in [9.17, 15) is 9.59 Å². The number of amides is 2. The smallest absolute Gasteiger partial charge is 0.227 e. The number of rotatable bonds is 6. The molecule has 0 spiro atoms. The first-order valence-electron chi connectivity index (χ1n) is 9.21. The maximum atomic E-state index is 12.8. The van der Waals surface area contributed by atoms with Gasteiger partial charge in [0.15, 0.2) is 0 Å². The van der Waals surface area contributed by atoms with E-state index < -0.39 is 0 Å². The lowest BCUT2D eigenvalue weighted by molar-refractivity contribution is -0.137. The van der Waals surface area contributed by atoms with Crippen molar-refractivity contribution in [3.05, 3.63) is 18.5 Å². The van der Waals surface area contributed by atoms with Crippen molar-refractivity contribution in [2.24, 2.45) is 11.8 Å². The summed E-state index contributed by atoms with van der Waals surface area (Å²) in [6, 6.07) is 1.94. The van der Waals surface area contributed by atoms with Crippen molar-refractivity contribution in [2.75, 3.05) is 46.8 Å². The van der Waals surface area contributed by atoms with E-state index in [2.05, 4.69) is 10.00 Å². The lowest BCUT2D eigenvalue weighted by atomic mass is 9.95. The van der Waals surface area contributed by atoms with Gasteiger partial charge in [0.25, 0.3) is 0 Å². The van der Waals surface area contributed by atoms with Gasteiger partial charge in [-0.2, -0.15) is 5.10 Å². The number of likely N-dealkylation sites (tertiary alicyclic amines) is 2. The van der Waals surface area contributed by atoms with Crippen LogP contribution in [0.2, 0.25) is 0 Å². The van der Waals surface area contributed by atoms with E-state index in [1.165, 1.54) is 0 Å². The molecule has 3 heterocycles. The van der Waals surface area contributed by atoms with Crippen LogP contribution in [0.3, 0.4) is 0 Å².